The first-order valence-electron chi connectivity index (χ1n) is 8.27. The van der Waals surface area contributed by atoms with E-state index in [1.165, 1.54) is 23.9 Å². The van der Waals surface area contributed by atoms with E-state index in [9.17, 15) is 9.18 Å². The Morgan fingerprint density at radius 1 is 1.25 bits per heavy atom. The molecule has 9 heteroatoms. The highest BCUT2D eigenvalue weighted by Gasteiger charge is 2.17. The van der Waals surface area contributed by atoms with Gasteiger partial charge < -0.3 is 14.3 Å². The molecule has 4 aromatic rings. The lowest BCUT2D eigenvalue weighted by Gasteiger charge is -2.06. The number of amides is 1. The second-order valence-corrected chi connectivity index (χ2v) is 7.35. The van der Waals surface area contributed by atoms with Gasteiger partial charge >= 0.3 is 0 Å². The number of hydrogen-bond donors (Lipinski definition) is 1. The molecule has 28 heavy (non-hydrogen) atoms. The predicted molar refractivity (Wildman–Crippen MR) is 107 cm³/mol. The van der Waals surface area contributed by atoms with Crippen LogP contribution in [0.2, 0.25) is 5.02 Å². The zero-order valence-electron chi connectivity index (χ0n) is 14.6. The third kappa shape index (κ3) is 3.74. The maximum absolute atomic E-state index is 13.6. The van der Waals surface area contributed by atoms with Gasteiger partial charge in [0.05, 0.1) is 11.4 Å². The zero-order valence-corrected chi connectivity index (χ0v) is 16.2. The van der Waals surface area contributed by atoms with Crippen LogP contribution in [0.3, 0.4) is 0 Å². The van der Waals surface area contributed by atoms with Crippen LogP contribution in [-0.4, -0.2) is 26.4 Å². The number of furan rings is 1. The van der Waals surface area contributed by atoms with Gasteiger partial charge in [-0.05, 0) is 36.4 Å². The molecule has 0 fully saturated rings. The maximum Gasteiger partial charge on any atom is 0.234 e. The molecule has 2 aromatic carbocycles. The number of anilines is 1. The Labute approximate surface area is 168 Å². The number of carbonyl (C=O) groups is 1. The minimum absolute atomic E-state index is 0.0655. The number of fused-ring (bicyclic) bond motifs is 1. The summed E-state index contributed by atoms with van der Waals surface area (Å²) < 4.78 is 21.2. The van der Waals surface area contributed by atoms with Gasteiger partial charge in [0.25, 0.3) is 0 Å². The Balaban J connectivity index is 1.47. The summed E-state index contributed by atoms with van der Waals surface area (Å²) in [6, 6.07) is 13.2. The number of thioether (sulfide) groups is 1. The molecule has 0 radical (unpaired) electrons. The molecule has 1 amide bonds. The van der Waals surface area contributed by atoms with Gasteiger partial charge in [0.15, 0.2) is 16.7 Å². The molecule has 0 saturated heterocycles. The van der Waals surface area contributed by atoms with Crippen molar-refractivity contribution in [3.8, 4) is 11.6 Å². The third-order valence-electron chi connectivity index (χ3n) is 4.01. The average Bonchev–Trinajstić information content (AvgIpc) is 3.24. The SMILES string of the molecule is Cn1c(SCC(=O)Nc2ccccc2F)nnc1-c1cc2cc(Cl)ccc2o1. The molecule has 0 unspecified atom stereocenters. The van der Waals surface area contributed by atoms with Crippen LogP contribution in [-0.2, 0) is 11.8 Å². The summed E-state index contributed by atoms with van der Waals surface area (Å²) in [5, 5.41) is 12.8. The van der Waals surface area contributed by atoms with Crippen molar-refractivity contribution >= 4 is 45.9 Å². The van der Waals surface area contributed by atoms with Crippen LogP contribution in [0.4, 0.5) is 10.1 Å². The Morgan fingerprint density at radius 3 is 2.89 bits per heavy atom. The molecule has 6 nitrogen and oxygen atoms in total. The molecule has 0 atom stereocenters. The maximum atomic E-state index is 13.6. The van der Waals surface area contributed by atoms with Crippen LogP contribution in [0, 0.1) is 5.82 Å². The van der Waals surface area contributed by atoms with Crippen LogP contribution < -0.4 is 5.32 Å². The standard InChI is InChI=1S/C19H14ClFN4O2S/c1-25-18(16-9-11-8-12(20)6-7-15(11)27-16)23-24-19(25)28-10-17(26)22-14-5-3-2-4-13(14)21/h2-9H,10H2,1H3,(H,22,26). The largest absolute Gasteiger partial charge is 0.453 e. The van der Waals surface area contributed by atoms with Crippen molar-refractivity contribution in [2.45, 2.75) is 5.16 Å². The molecule has 4 rings (SSSR count). The Kier molecular flexibility index (Phi) is 5.06. The van der Waals surface area contributed by atoms with E-state index in [1.807, 2.05) is 12.1 Å². The van der Waals surface area contributed by atoms with E-state index in [0.717, 1.165) is 5.39 Å². The number of rotatable bonds is 5. The fraction of sp³-hybridized carbons (Fsp3) is 0.105. The van der Waals surface area contributed by atoms with Gasteiger partial charge in [-0.1, -0.05) is 35.5 Å². The van der Waals surface area contributed by atoms with E-state index >= 15 is 0 Å². The number of halogens is 2. The topological polar surface area (TPSA) is 73.0 Å². The minimum atomic E-state index is -0.480. The van der Waals surface area contributed by atoms with Crippen LogP contribution in [0.5, 0.6) is 0 Å². The fourth-order valence-corrected chi connectivity index (χ4v) is 3.55. The number of para-hydroxylation sites is 1. The highest BCUT2D eigenvalue weighted by molar-refractivity contribution is 7.99. The smallest absolute Gasteiger partial charge is 0.234 e. The molecular weight excluding hydrogens is 403 g/mol. The molecule has 0 aliphatic heterocycles. The van der Waals surface area contributed by atoms with Crippen molar-refractivity contribution in [1.82, 2.24) is 14.8 Å². The lowest BCUT2D eigenvalue weighted by atomic mass is 10.2. The fourth-order valence-electron chi connectivity index (χ4n) is 2.66. The summed E-state index contributed by atoms with van der Waals surface area (Å²) in [6.45, 7) is 0. The van der Waals surface area contributed by atoms with Crippen LogP contribution in [0.25, 0.3) is 22.6 Å². The first-order valence-corrected chi connectivity index (χ1v) is 9.63. The summed E-state index contributed by atoms with van der Waals surface area (Å²) >= 11 is 7.21. The third-order valence-corrected chi connectivity index (χ3v) is 5.27. The lowest BCUT2D eigenvalue weighted by molar-refractivity contribution is -0.113. The average molecular weight is 417 g/mol. The number of nitrogens with one attached hydrogen (secondary N) is 1. The molecule has 2 aromatic heterocycles. The Hall–Kier alpha value is -2.84. The van der Waals surface area contributed by atoms with Gasteiger partial charge in [-0.15, -0.1) is 10.2 Å². The molecule has 0 spiro atoms. The quantitative estimate of drug-likeness (QED) is 0.475. The molecular formula is C19H14ClFN4O2S. The van der Waals surface area contributed by atoms with Crippen molar-refractivity contribution < 1.29 is 13.6 Å². The Morgan fingerprint density at radius 2 is 2.07 bits per heavy atom. The van der Waals surface area contributed by atoms with E-state index in [1.54, 1.807) is 35.9 Å². The van der Waals surface area contributed by atoms with Gasteiger partial charge in [-0.2, -0.15) is 0 Å². The lowest BCUT2D eigenvalue weighted by Crippen LogP contribution is -2.15. The first-order chi connectivity index (χ1) is 13.5. The van der Waals surface area contributed by atoms with Gasteiger partial charge in [0.1, 0.15) is 11.4 Å². The number of benzene rings is 2. The van der Waals surface area contributed by atoms with Crippen molar-refractivity contribution in [1.29, 1.82) is 0 Å². The number of carbonyl (C=O) groups excluding carboxylic acids is 1. The van der Waals surface area contributed by atoms with Crippen LogP contribution in [0.1, 0.15) is 0 Å². The van der Waals surface area contributed by atoms with E-state index in [4.69, 9.17) is 16.0 Å². The van der Waals surface area contributed by atoms with E-state index < -0.39 is 5.82 Å². The summed E-state index contributed by atoms with van der Waals surface area (Å²) in [6.07, 6.45) is 0. The first kappa shape index (κ1) is 18.5. The second kappa shape index (κ2) is 7.65. The molecule has 0 saturated carbocycles. The van der Waals surface area contributed by atoms with Crippen LogP contribution in [0.15, 0.2) is 58.1 Å². The molecule has 1 N–H and O–H groups in total. The summed E-state index contributed by atoms with van der Waals surface area (Å²) in [5.74, 6) is 0.333. The predicted octanol–water partition coefficient (Wildman–Crippen LogP) is 4.75. The van der Waals surface area contributed by atoms with Gasteiger partial charge in [-0.25, -0.2) is 4.39 Å². The molecule has 0 aliphatic carbocycles. The Bertz CT molecular complexity index is 1170. The van der Waals surface area contributed by atoms with Crippen molar-refractivity contribution in [2.75, 3.05) is 11.1 Å². The number of aromatic nitrogens is 3. The summed E-state index contributed by atoms with van der Waals surface area (Å²) in [5.41, 5.74) is 0.841. The van der Waals surface area contributed by atoms with E-state index in [2.05, 4.69) is 15.5 Å². The normalized spacial score (nSPS) is 11.1. The molecule has 0 aliphatic rings. The molecule has 2 heterocycles. The molecule has 142 valence electrons. The van der Waals surface area contributed by atoms with Gasteiger partial charge in [0, 0.05) is 17.5 Å². The monoisotopic (exact) mass is 416 g/mol. The second-order valence-electron chi connectivity index (χ2n) is 5.97. The summed E-state index contributed by atoms with van der Waals surface area (Å²) in [4.78, 5) is 12.1. The zero-order chi connectivity index (χ0) is 19.7. The van der Waals surface area contributed by atoms with Crippen molar-refractivity contribution in [3.63, 3.8) is 0 Å². The van der Waals surface area contributed by atoms with Crippen LogP contribution >= 0.6 is 23.4 Å². The number of nitrogens with zero attached hydrogens (tertiary/aromatic N) is 3. The minimum Gasteiger partial charge on any atom is -0.453 e. The van der Waals surface area contributed by atoms with E-state index in [-0.39, 0.29) is 17.3 Å². The molecule has 0 bridgehead atoms. The number of hydrogen-bond acceptors (Lipinski definition) is 5. The van der Waals surface area contributed by atoms with Gasteiger partial charge in [0.2, 0.25) is 5.91 Å². The highest BCUT2D eigenvalue weighted by Crippen LogP contribution is 2.30. The van der Waals surface area contributed by atoms with Crippen molar-refractivity contribution in [2.24, 2.45) is 7.05 Å². The highest BCUT2D eigenvalue weighted by atomic mass is 35.5. The van der Waals surface area contributed by atoms with Gasteiger partial charge in [-0.3, -0.25) is 4.79 Å². The van der Waals surface area contributed by atoms with Crippen molar-refractivity contribution in [3.05, 3.63) is 59.4 Å². The van der Waals surface area contributed by atoms with E-state index in [0.29, 0.717) is 27.3 Å². The summed E-state index contributed by atoms with van der Waals surface area (Å²) in [7, 11) is 1.78.